The second kappa shape index (κ2) is 10.1. The normalized spacial score (nSPS) is 12.5. The second-order valence-electron chi connectivity index (χ2n) is 8.11. The minimum absolute atomic E-state index is 0.241. The van der Waals surface area contributed by atoms with E-state index >= 15 is 0 Å². The maximum absolute atomic E-state index is 12.8. The first-order chi connectivity index (χ1) is 15.5. The molecule has 0 aliphatic heterocycles. The lowest BCUT2D eigenvalue weighted by Crippen LogP contribution is -2.24. The van der Waals surface area contributed by atoms with E-state index < -0.39 is 0 Å². The van der Waals surface area contributed by atoms with Crippen molar-refractivity contribution in [1.82, 2.24) is 14.6 Å². The molecule has 32 heavy (non-hydrogen) atoms. The van der Waals surface area contributed by atoms with Crippen LogP contribution < -0.4 is 14.8 Å². The molecule has 0 saturated heterocycles. The molecule has 2 N–H and O–H groups in total. The molecule has 1 aromatic heterocycles. The Kier molecular flexibility index (Phi) is 6.97. The molecule has 166 valence electrons. The highest BCUT2D eigenvalue weighted by atomic mass is 32.2. The Balaban J connectivity index is 1.50. The highest BCUT2D eigenvalue weighted by Gasteiger charge is 2.20. The van der Waals surface area contributed by atoms with Crippen LogP contribution in [0.2, 0.25) is 0 Å². The summed E-state index contributed by atoms with van der Waals surface area (Å²) < 4.78 is 8.21. The van der Waals surface area contributed by atoms with Crippen molar-refractivity contribution in [2.24, 2.45) is 0 Å². The van der Waals surface area contributed by atoms with Gasteiger partial charge in [0.15, 0.2) is 0 Å². The number of nitrogens with zero attached hydrogens (tertiary/aromatic N) is 2. The van der Waals surface area contributed by atoms with Crippen LogP contribution in [0, 0.1) is 0 Å². The number of hydrogen-bond donors (Lipinski definition) is 2. The van der Waals surface area contributed by atoms with Gasteiger partial charge in [0.05, 0.1) is 12.8 Å². The lowest BCUT2D eigenvalue weighted by Gasteiger charge is -2.17. The summed E-state index contributed by atoms with van der Waals surface area (Å²) in [5.74, 6) is 0.548. The Morgan fingerprint density at radius 1 is 1.12 bits per heavy atom. The second-order valence-corrected chi connectivity index (χ2v) is 8.99. The van der Waals surface area contributed by atoms with Gasteiger partial charge in [-0.3, -0.25) is 4.72 Å². The van der Waals surface area contributed by atoms with E-state index in [1.54, 1.807) is 13.3 Å². The van der Waals surface area contributed by atoms with Crippen LogP contribution >= 0.6 is 11.9 Å². The Morgan fingerprint density at radius 2 is 1.94 bits per heavy atom. The summed E-state index contributed by atoms with van der Waals surface area (Å²) in [6.45, 7) is 0.889. The first-order valence-corrected chi connectivity index (χ1v) is 11.5. The van der Waals surface area contributed by atoms with Gasteiger partial charge in [-0.05, 0) is 85.8 Å². The third-order valence-electron chi connectivity index (χ3n) is 5.46. The molecule has 1 aliphatic carbocycles. The van der Waals surface area contributed by atoms with Gasteiger partial charge in [-0.15, -0.1) is 0 Å². The molecule has 2 aromatic carbocycles. The van der Waals surface area contributed by atoms with Gasteiger partial charge in [-0.1, -0.05) is 24.3 Å². The summed E-state index contributed by atoms with van der Waals surface area (Å²) in [6, 6.07) is 16.0. The van der Waals surface area contributed by atoms with Crippen LogP contribution in [-0.4, -0.2) is 37.1 Å². The number of pyridine rings is 1. The Bertz CT molecular complexity index is 1100. The molecule has 0 atom stereocenters. The van der Waals surface area contributed by atoms with E-state index in [4.69, 9.17) is 4.74 Å². The molecule has 1 heterocycles. The zero-order valence-electron chi connectivity index (χ0n) is 18.6. The fourth-order valence-corrected chi connectivity index (χ4v) is 4.54. The molecule has 1 aliphatic rings. The monoisotopic (exact) mass is 448 g/mol. The third-order valence-corrected chi connectivity index (χ3v) is 6.26. The van der Waals surface area contributed by atoms with Crippen molar-refractivity contribution in [3.63, 3.8) is 0 Å². The van der Waals surface area contributed by atoms with Crippen molar-refractivity contribution in [3.05, 3.63) is 71.4 Å². The van der Waals surface area contributed by atoms with Crippen molar-refractivity contribution in [3.8, 4) is 17.0 Å². The minimum atomic E-state index is -0.241. The van der Waals surface area contributed by atoms with Crippen LogP contribution in [0.15, 0.2) is 59.6 Å². The van der Waals surface area contributed by atoms with Crippen molar-refractivity contribution < 1.29 is 9.53 Å². The molecule has 0 bridgehead atoms. The summed E-state index contributed by atoms with van der Waals surface area (Å²) in [6.07, 6.45) is 4.82. The average molecular weight is 449 g/mol. The molecule has 0 spiro atoms. The van der Waals surface area contributed by atoms with Crippen molar-refractivity contribution in [1.29, 1.82) is 0 Å². The van der Waals surface area contributed by atoms with E-state index in [9.17, 15) is 4.79 Å². The van der Waals surface area contributed by atoms with E-state index in [2.05, 4.69) is 44.2 Å². The molecule has 3 aromatic rings. The number of carbonyl (C=O) groups excluding carboxylic acids is 1. The Morgan fingerprint density at radius 3 is 2.69 bits per heavy atom. The summed E-state index contributed by atoms with van der Waals surface area (Å²) in [5.41, 5.74) is 6.56. The molecular formula is C25H28N4O2S. The SMILES string of the molecule is COc1cc(-c2ccc3c(c2NC(=O)NSc2ccc(CN(C)C)cc2)CCC3)ccn1. The summed E-state index contributed by atoms with van der Waals surface area (Å²) in [4.78, 5) is 20.1. The predicted molar refractivity (Wildman–Crippen MR) is 130 cm³/mol. The number of rotatable bonds is 7. The van der Waals surface area contributed by atoms with Gasteiger partial charge in [0, 0.05) is 29.3 Å². The standard InChI is InChI=1S/C25H28N4O2S/c1-29(2)16-17-7-10-20(11-8-17)32-28-25(30)27-24-21-6-4-5-18(21)9-12-22(24)19-13-14-26-23(15-19)31-3/h7-15H,4-6,16H2,1-3H3,(H2,27,28,30). The lowest BCUT2D eigenvalue weighted by atomic mass is 9.98. The Hall–Kier alpha value is -3.03. The molecular weight excluding hydrogens is 420 g/mol. The first-order valence-electron chi connectivity index (χ1n) is 10.7. The number of anilines is 1. The largest absolute Gasteiger partial charge is 0.481 e. The van der Waals surface area contributed by atoms with E-state index in [-0.39, 0.29) is 6.03 Å². The lowest BCUT2D eigenvalue weighted by molar-refractivity contribution is 0.257. The number of ether oxygens (including phenoxy) is 1. The molecule has 2 amide bonds. The fraction of sp³-hybridized carbons (Fsp3) is 0.280. The quantitative estimate of drug-likeness (QED) is 0.490. The number of aryl methyl sites for hydroxylation is 1. The van der Waals surface area contributed by atoms with Crippen molar-refractivity contribution in [2.75, 3.05) is 26.5 Å². The predicted octanol–water partition coefficient (Wildman–Crippen LogP) is 5.14. The van der Waals surface area contributed by atoms with Gasteiger partial charge in [0.2, 0.25) is 5.88 Å². The van der Waals surface area contributed by atoms with E-state index in [1.165, 1.54) is 28.6 Å². The molecule has 0 radical (unpaired) electrons. The Labute approximate surface area is 193 Å². The van der Waals surface area contributed by atoms with Crippen LogP contribution in [0.4, 0.5) is 10.5 Å². The van der Waals surface area contributed by atoms with E-state index in [0.29, 0.717) is 5.88 Å². The van der Waals surface area contributed by atoms with Crippen LogP contribution in [0.1, 0.15) is 23.1 Å². The van der Waals surface area contributed by atoms with Crippen LogP contribution in [0.5, 0.6) is 5.88 Å². The summed E-state index contributed by atoms with van der Waals surface area (Å²) in [5, 5.41) is 3.12. The summed E-state index contributed by atoms with van der Waals surface area (Å²) >= 11 is 1.31. The topological polar surface area (TPSA) is 66.5 Å². The van der Waals surface area contributed by atoms with Crippen LogP contribution in [-0.2, 0) is 19.4 Å². The van der Waals surface area contributed by atoms with Crippen LogP contribution in [0.25, 0.3) is 11.1 Å². The van der Waals surface area contributed by atoms with E-state index in [0.717, 1.165) is 47.5 Å². The number of urea groups is 1. The first kappa shape index (κ1) is 22.2. The minimum Gasteiger partial charge on any atom is -0.481 e. The summed E-state index contributed by atoms with van der Waals surface area (Å²) in [7, 11) is 5.70. The van der Waals surface area contributed by atoms with Gasteiger partial charge < -0.3 is 15.0 Å². The zero-order chi connectivity index (χ0) is 22.5. The molecule has 7 heteroatoms. The maximum Gasteiger partial charge on any atom is 0.329 e. The molecule has 6 nitrogen and oxygen atoms in total. The number of methoxy groups -OCH3 is 1. The van der Waals surface area contributed by atoms with Gasteiger partial charge in [-0.2, -0.15) is 0 Å². The number of carbonyl (C=O) groups is 1. The number of amides is 2. The number of aromatic nitrogens is 1. The molecule has 0 fully saturated rings. The van der Waals surface area contributed by atoms with Gasteiger partial charge in [0.1, 0.15) is 0 Å². The van der Waals surface area contributed by atoms with Gasteiger partial charge >= 0.3 is 6.03 Å². The van der Waals surface area contributed by atoms with Crippen LogP contribution in [0.3, 0.4) is 0 Å². The number of nitrogens with one attached hydrogen (secondary N) is 2. The van der Waals surface area contributed by atoms with Gasteiger partial charge in [-0.25, -0.2) is 9.78 Å². The highest BCUT2D eigenvalue weighted by molar-refractivity contribution is 7.98. The number of benzene rings is 2. The number of hydrogen-bond acceptors (Lipinski definition) is 5. The highest BCUT2D eigenvalue weighted by Crippen LogP contribution is 2.38. The fourth-order valence-electron chi connectivity index (χ4n) is 4.01. The third kappa shape index (κ3) is 5.23. The zero-order valence-corrected chi connectivity index (χ0v) is 19.5. The number of fused-ring (bicyclic) bond motifs is 1. The van der Waals surface area contributed by atoms with E-state index in [1.807, 2.05) is 38.4 Å². The molecule has 0 saturated carbocycles. The van der Waals surface area contributed by atoms with Crippen molar-refractivity contribution >= 4 is 23.7 Å². The van der Waals surface area contributed by atoms with Gasteiger partial charge in [0.25, 0.3) is 0 Å². The maximum atomic E-state index is 12.8. The smallest absolute Gasteiger partial charge is 0.329 e. The van der Waals surface area contributed by atoms with Crippen molar-refractivity contribution in [2.45, 2.75) is 30.7 Å². The average Bonchev–Trinajstić information content (AvgIpc) is 3.28. The molecule has 0 unspecified atom stereocenters. The molecule has 4 rings (SSSR count).